The Morgan fingerprint density at radius 2 is 2.00 bits per heavy atom. The molecule has 112 valence electrons. The summed E-state index contributed by atoms with van der Waals surface area (Å²) in [5.74, 6) is 1.37. The Balaban J connectivity index is 2.21. The Labute approximate surface area is 127 Å². The smallest absolute Gasteiger partial charge is 0.347 e. The molecule has 5 heteroatoms. The van der Waals surface area contributed by atoms with E-state index in [-0.39, 0.29) is 5.89 Å². The molecule has 0 radical (unpaired) electrons. The topological polar surface area (TPSA) is 61.6 Å². The largest absolute Gasteiger partial charge is 0.486 e. The molecular formula is C17H15NO4. The van der Waals surface area contributed by atoms with Crippen molar-refractivity contribution in [2.45, 2.75) is 6.92 Å². The predicted octanol–water partition coefficient (Wildman–Crippen LogP) is 3.10. The molecule has 0 spiro atoms. The van der Waals surface area contributed by atoms with Crippen LogP contribution in [0.1, 0.15) is 12.8 Å². The second-order valence-electron chi connectivity index (χ2n) is 4.68. The first-order valence-corrected chi connectivity index (χ1v) is 6.93. The number of nitrogens with zero attached hydrogens (tertiary/aromatic N) is 1. The third-order valence-electron chi connectivity index (χ3n) is 3.18. The predicted molar refractivity (Wildman–Crippen MR) is 84.3 cm³/mol. The molecule has 5 nitrogen and oxygen atoms in total. The van der Waals surface area contributed by atoms with Crippen LogP contribution < -0.4 is 15.1 Å². The lowest BCUT2D eigenvalue weighted by molar-refractivity contribution is 0.172. The van der Waals surface area contributed by atoms with Crippen LogP contribution in [0.2, 0.25) is 0 Å². The number of aromatic nitrogens is 1. The maximum atomic E-state index is 12.2. The van der Waals surface area contributed by atoms with Gasteiger partial charge in [-0.2, -0.15) is 0 Å². The van der Waals surface area contributed by atoms with Gasteiger partial charge in [0.15, 0.2) is 11.5 Å². The maximum absolute atomic E-state index is 12.2. The van der Waals surface area contributed by atoms with E-state index in [0.717, 1.165) is 0 Å². The molecule has 2 heterocycles. The van der Waals surface area contributed by atoms with Crippen LogP contribution in [0.15, 0.2) is 52.2 Å². The summed E-state index contributed by atoms with van der Waals surface area (Å²) < 4.78 is 16.3. The molecule has 0 saturated heterocycles. The molecule has 0 saturated carbocycles. The zero-order valence-corrected chi connectivity index (χ0v) is 12.2. The van der Waals surface area contributed by atoms with Gasteiger partial charge >= 0.3 is 5.63 Å². The van der Waals surface area contributed by atoms with Gasteiger partial charge in [0.25, 0.3) is 0 Å². The number of allylic oxidation sites excluding steroid dienone is 5. The van der Waals surface area contributed by atoms with Gasteiger partial charge in [0.1, 0.15) is 13.2 Å². The average Bonchev–Trinajstić information content (AvgIpc) is 2.53. The van der Waals surface area contributed by atoms with Gasteiger partial charge in [0.05, 0.1) is 10.9 Å². The molecule has 2 aromatic rings. The zero-order valence-electron chi connectivity index (χ0n) is 12.2. The van der Waals surface area contributed by atoms with E-state index in [2.05, 4.69) is 11.6 Å². The molecule has 1 aromatic heterocycles. The molecule has 1 aliphatic heterocycles. The van der Waals surface area contributed by atoms with Crippen molar-refractivity contribution in [2.24, 2.45) is 0 Å². The van der Waals surface area contributed by atoms with Gasteiger partial charge in [-0.15, -0.1) is 0 Å². The Hall–Kier alpha value is -2.82. The van der Waals surface area contributed by atoms with Crippen molar-refractivity contribution in [2.75, 3.05) is 13.2 Å². The average molecular weight is 297 g/mol. The van der Waals surface area contributed by atoms with Gasteiger partial charge in [-0.1, -0.05) is 30.9 Å². The van der Waals surface area contributed by atoms with Gasteiger partial charge in [-0.3, -0.25) is 0 Å². The van der Waals surface area contributed by atoms with E-state index >= 15 is 0 Å². The first-order chi connectivity index (χ1) is 10.7. The number of rotatable bonds is 3. The Bertz CT molecular complexity index is 846. The van der Waals surface area contributed by atoms with Crippen LogP contribution in [-0.2, 0) is 0 Å². The van der Waals surface area contributed by atoms with Gasteiger partial charge in [-0.05, 0) is 6.92 Å². The zero-order chi connectivity index (χ0) is 15.5. The molecule has 1 aliphatic rings. The van der Waals surface area contributed by atoms with Crippen LogP contribution in [0.25, 0.3) is 16.5 Å². The summed E-state index contributed by atoms with van der Waals surface area (Å²) in [5.41, 5.74) is 0.720. The van der Waals surface area contributed by atoms with Crippen molar-refractivity contribution < 1.29 is 13.9 Å². The highest BCUT2D eigenvalue weighted by Gasteiger charge is 2.16. The number of hydrogen-bond donors (Lipinski definition) is 0. The fraction of sp³-hybridized carbons (Fsp3) is 0.176. The Morgan fingerprint density at radius 3 is 2.68 bits per heavy atom. The fourth-order valence-corrected chi connectivity index (χ4v) is 2.24. The lowest BCUT2D eigenvalue weighted by Gasteiger charge is -2.18. The fourth-order valence-electron chi connectivity index (χ4n) is 2.24. The van der Waals surface area contributed by atoms with Crippen molar-refractivity contribution in [3.8, 4) is 11.5 Å². The van der Waals surface area contributed by atoms with Crippen molar-refractivity contribution in [1.82, 2.24) is 4.98 Å². The molecule has 0 aliphatic carbocycles. The minimum Gasteiger partial charge on any atom is -0.486 e. The summed E-state index contributed by atoms with van der Waals surface area (Å²) in [6.07, 6.45) is 6.99. The van der Waals surface area contributed by atoms with Gasteiger partial charge in [0, 0.05) is 17.7 Å². The Kier molecular flexibility index (Phi) is 3.78. The van der Waals surface area contributed by atoms with E-state index in [0.29, 0.717) is 41.2 Å². The Morgan fingerprint density at radius 1 is 1.27 bits per heavy atom. The minimum absolute atomic E-state index is 0.243. The van der Waals surface area contributed by atoms with Crippen molar-refractivity contribution in [3.05, 3.63) is 59.3 Å². The van der Waals surface area contributed by atoms with E-state index < -0.39 is 5.63 Å². The van der Waals surface area contributed by atoms with Crippen molar-refractivity contribution in [3.63, 3.8) is 0 Å². The third-order valence-corrected chi connectivity index (χ3v) is 3.18. The highest BCUT2D eigenvalue weighted by atomic mass is 16.6. The van der Waals surface area contributed by atoms with E-state index in [1.54, 1.807) is 30.4 Å². The number of fused-ring (bicyclic) bond motifs is 2. The molecule has 0 N–H and O–H groups in total. The first kappa shape index (κ1) is 14.1. The van der Waals surface area contributed by atoms with Crippen LogP contribution in [0.5, 0.6) is 11.5 Å². The number of hydrogen-bond acceptors (Lipinski definition) is 5. The van der Waals surface area contributed by atoms with E-state index in [1.165, 1.54) is 0 Å². The van der Waals surface area contributed by atoms with Crippen molar-refractivity contribution >= 4 is 16.5 Å². The summed E-state index contributed by atoms with van der Waals surface area (Å²) in [4.78, 5) is 16.6. The van der Waals surface area contributed by atoms with E-state index in [1.807, 2.05) is 13.0 Å². The molecule has 1 aromatic carbocycles. The molecule has 0 unspecified atom stereocenters. The molecule has 0 amide bonds. The summed E-state index contributed by atoms with van der Waals surface area (Å²) in [6.45, 7) is 6.47. The van der Waals surface area contributed by atoms with Crippen LogP contribution in [0, 0.1) is 0 Å². The maximum Gasteiger partial charge on any atom is 0.347 e. The minimum atomic E-state index is -0.462. The third kappa shape index (κ3) is 2.53. The number of ether oxygens (including phenoxy) is 2. The highest BCUT2D eigenvalue weighted by Crippen LogP contribution is 2.33. The quantitative estimate of drug-likeness (QED) is 0.815. The van der Waals surface area contributed by atoms with E-state index in [4.69, 9.17) is 13.9 Å². The standard InChI is InChI=1S/C17H15NO4/c1-3-5-11(6-4-2)16-18-13-10-15-14(20-7-8-21-15)9-12(13)17(19)22-16/h3-6,9-10H,1,7-8H2,2H3/b6-4-,11-5+. The van der Waals surface area contributed by atoms with Crippen LogP contribution in [0.4, 0.5) is 0 Å². The summed E-state index contributed by atoms with van der Waals surface area (Å²) in [7, 11) is 0. The molecule has 0 fully saturated rings. The lowest BCUT2D eigenvalue weighted by atomic mass is 10.2. The number of benzene rings is 1. The lowest BCUT2D eigenvalue weighted by Crippen LogP contribution is -2.16. The second kappa shape index (κ2) is 5.89. The highest BCUT2D eigenvalue weighted by molar-refractivity contribution is 5.83. The van der Waals surface area contributed by atoms with Gasteiger partial charge in [0.2, 0.25) is 5.89 Å². The molecule has 0 atom stereocenters. The van der Waals surface area contributed by atoms with Crippen molar-refractivity contribution in [1.29, 1.82) is 0 Å². The monoisotopic (exact) mass is 297 g/mol. The normalized spacial score (nSPS) is 14.5. The van der Waals surface area contributed by atoms with Gasteiger partial charge < -0.3 is 13.9 Å². The van der Waals surface area contributed by atoms with Crippen LogP contribution in [-0.4, -0.2) is 18.2 Å². The van der Waals surface area contributed by atoms with Crippen LogP contribution >= 0.6 is 0 Å². The molecule has 22 heavy (non-hydrogen) atoms. The molecule has 0 bridgehead atoms. The SMILES string of the molecule is C=C/C=C(\C=C/C)c1nc2cc3c(cc2c(=O)o1)OCCO3. The second-order valence-corrected chi connectivity index (χ2v) is 4.68. The van der Waals surface area contributed by atoms with Crippen LogP contribution in [0.3, 0.4) is 0 Å². The summed E-state index contributed by atoms with van der Waals surface area (Å²) >= 11 is 0. The first-order valence-electron chi connectivity index (χ1n) is 6.93. The summed E-state index contributed by atoms with van der Waals surface area (Å²) in [6, 6.07) is 3.31. The van der Waals surface area contributed by atoms with E-state index in [9.17, 15) is 4.79 Å². The van der Waals surface area contributed by atoms with Gasteiger partial charge in [-0.25, -0.2) is 9.78 Å². The molecular weight excluding hydrogens is 282 g/mol. The summed E-state index contributed by atoms with van der Waals surface area (Å²) in [5, 5.41) is 0.367. The molecule has 3 rings (SSSR count).